The Labute approximate surface area is 173 Å². The molecule has 0 aromatic heterocycles. The Morgan fingerprint density at radius 1 is 1.00 bits per heavy atom. The van der Waals surface area contributed by atoms with Gasteiger partial charge in [-0.1, -0.05) is 55.8 Å². The zero-order chi connectivity index (χ0) is 21.0. The lowest BCUT2D eigenvalue weighted by molar-refractivity contribution is -0.118. The molecule has 0 heterocycles. The van der Waals surface area contributed by atoms with Crippen LogP contribution in [-0.2, 0) is 11.2 Å². The lowest BCUT2D eigenvalue weighted by Crippen LogP contribution is -2.25. The minimum Gasteiger partial charge on any atom is -0.352 e. The summed E-state index contributed by atoms with van der Waals surface area (Å²) in [5.41, 5.74) is 3.72. The van der Waals surface area contributed by atoms with Gasteiger partial charge in [0.2, 0.25) is 5.91 Å². The van der Waals surface area contributed by atoms with Gasteiger partial charge in [0.05, 0.1) is 5.92 Å². The van der Waals surface area contributed by atoms with E-state index in [1.54, 1.807) is 24.3 Å². The van der Waals surface area contributed by atoms with Crippen molar-refractivity contribution < 1.29 is 9.59 Å². The molecule has 1 aliphatic carbocycles. The van der Waals surface area contributed by atoms with Crippen molar-refractivity contribution in [1.29, 1.82) is 0 Å². The highest BCUT2D eigenvalue weighted by atomic mass is 16.2. The van der Waals surface area contributed by atoms with Crippen molar-refractivity contribution in [2.24, 2.45) is 17.3 Å². The standard InChI is InChI=1S/C25H30N2O2/c1-17(2)16-21-22(25(21,3)4)24(29)27-20-12-10-19(11-13-20)23(28)26-15-14-18-8-6-5-7-9-18/h5-13,16,21-22H,14-15H2,1-4H3,(H,26,28)(H,27,29)/t21-,22-/m1/s1. The van der Waals surface area contributed by atoms with E-state index >= 15 is 0 Å². The molecule has 4 heteroatoms. The third-order valence-corrected chi connectivity index (χ3v) is 5.66. The number of carbonyl (C=O) groups is 2. The van der Waals surface area contributed by atoms with Crippen LogP contribution in [0.4, 0.5) is 5.69 Å². The number of nitrogens with one attached hydrogen (secondary N) is 2. The van der Waals surface area contributed by atoms with Crippen LogP contribution in [0.15, 0.2) is 66.2 Å². The van der Waals surface area contributed by atoms with Crippen molar-refractivity contribution in [1.82, 2.24) is 5.32 Å². The van der Waals surface area contributed by atoms with Gasteiger partial charge in [0, 0.05) is 17.8 Å². The van der Waals surface area contributed by atoms with E-state index in [1.807, 2.05) is 30.3 Å². The van der Waals surface area contributed by atoms with Crippen LogP contribution < -0.4 is 10.6 Å². The van der Waals surface area contributed by atoms with E-state index in [0.29, 0.717) is 12.1 Å². The maximum atomic E-state index is 12.7. The van der Waals surface area contributed by atoms with E-state index in [9.17, 15) is 9.59 Å². The summed E-state index contributed by atoms with van der Waals surface area (Å²) in [7, 11) is 0. The molecule has 2 aromatic carbocycles. The molecule has 152 valence electrons. The SMILES string of the molecule is CC(C)=C[C@@H]1[C@H](C(=O)Nc2ccc(C(=O)NCCc3ccccc3)cc2)C1(C)C. The number of carbonyl (C=O) groups excluding carboxylic acids is 2. The minimum atomic E-state index is -0.106. The topological polar surface area (TPSA) is 58.2 Å². The van der Waals surface area contributed by atoms with Crippen LogP contribution >= 0.6 is 0 Å². The van der Waals surface area contributed by atoms with Gasteiger partial charge in [-0.25, -0.2) is 0 Å². The summed E-state index contributed by atoms with van der Waals surface area (Å²) in [5.74, 6) is 0.198. The number of benzene rings is 2. The molecule has 0 spiro atoms. The van der Waals surface area contributed by atoms with Crippen molar-refractivity contribution in [2.75, 3.05) is 11.9 Å². The van der Waals surface area contributed by atoms with Gasteiger partial charge in [-0.15, -0.1) is 0 Å². The van der Waals surface area contributed by atoms with Crippen LogP contribution in [0.1, 0.15) is 43.6 Å². The summed E-state index contributed by atoms with van der Waals surface area (Å²) in [6.45, 7) is 8.97. The average Bonchev–Trinajstić information content (AvgIpc) is 3.22. The molecule has 0 unspecified atom stereocenters. The van der Waals surface area contributed by atoms with E-state index in [2.05, 4.69) is 44.4 Å². The first-order valence-corrected chi connectivity index (χ1v) is 10.2. The molecule has 4 nitrogen and oxygen atoms in total. The van der Waals surface area contributed by atoms with Gasteiger partial charge in [-0.3, -0.25) is 9.59 Å². The van der Waals surface area contributed by atoms with E-state index in [-0.39, 0.29) is 29.1 Å². The Morgan fingerprint density at radius 3 is 2.28 bits per heavy atom. The van der Waals surface area contributed by atoms with Gasteiger partial charge in [0.25, 0.3) is 5.91 Å². The zero-order valence-corrected chi connectivity index (χ0v) is 17.7. The van der Waals surface area contributed by atoms with E-state index in [1.165, 1.54) is 11.1 Å². The van der Waals surface area contributed by atoms with Gasteiger partial charge in [-0.05, 0) is 61.4 Å². The van der Waals surface area contributed by atoms with E-state index in [4.69, 9.17) is 0 Å². The second kappa shape index (κ2) is 8.64. The quantitative estimate of drug-likeness (QED) is 0.665. The highest BCUT2D eigenvalue weighted by molar-refractivity contribution is 5.97. The van der Waals surface area contributed by atoms with E-state index < -0.39 is 0 Å². The first-order chi connectivity index (χ1) is 13.8. The molecule has 1 aliphatic rings. The number of hydrogen-bond acceptors (Lipinski definition) is 2. The fraction of sp³-hybridized carbons (Fsp3) is 0.360. The first kappa shape index (κ1) is 20.8. The van der Waals surface area contributed by atoms with Crippen LogP contribution in [0.5, 0.6) is 0 Å². The third-order valence-electron chi connectivity index (χ3n) is 5.66. The van der Waals surface area contributed by atoms with Crippen LogP contribution in [0, 0.1) is 17.3 Å². The Hall–Kier alpha value is -2.88. The molecule has 1 fully saturated rings. The number of anilines is 1. The smallest absolute Gasteiger partial charge is 0.251 e. The summed E-state index contributed by atoms with van der Waals surface area (Å²) < 4.78 is 0. The Morgan fingerprint density at radius 2 is 1.66 bits per heavy atom. The molecule has 2 aromatic rings. The van der Waals surface area contributed by atoms with Gasteiger partial charge >= 0.3 is 0 Å². The summed E-state index contributed by atoms with van der Waals surface area (Å²) in [6, 6.07) is 17.1. The van der Waals surface area contributed by atoms with Crippen LogP contribution in [0.2, 0.25) is 0 Å². The molecule has 2 amide bonds. The van der Waals surface area contributed by atoms with Gasteiger partial charge in [0.1, 0.15) is 0 Å². The van der Waals surface area contributed by atoms with Crippen molar-refractivity contribution in [3.05, 3.63) is 77.4 Å². The fourth-order valence-corrected chi connectivity index (χ4v) is 3.84. The van der Waals surface area contributed by atoms with Crippen molar-refractivity contribution in [2.45, 2.75) is 34.1 Å². The van der Waals surface area contributed by atoms with Crippen LogP contribution in [0.25, 0.3) is 0 Å². The zero-order valence-electron chi connectivity index (χ0n) is 17.7. The van der Waals surface area contributed by atoms with Gasteiger partial charge < -0.3 is 10.6 Å². The number of hydrogen-bond donors (Lipinski definition) is 2. The summed E-state index contributed by atoms with van der Waals surface area (Å²) >= 11 is 0. The predicted molar refractivity (Wildman–Crippen MR) is 118 cm³/mol. The minimum absolute atomic E-state index is 0.0140. The number of amides is 2. The summed E-state index contributed by atoms with van der Waals surface area (Å²) in [6.07, 6.45) is 2.98. The van der Waals surface area contributed by atoms with Crippen molar-refractivity contribution in [3.63, 3.8) is 0 Å². The average molecular weight is 391 g/mol. The second-order valence-electron chi connectivity index (χ2n) is 8.63. The molecule has 0 radical (unpaired) electrons. The highest BCUT2D eigenvalue weighted by Gasteiger charge is 2.60. The molecular weight excluding hydrogens is 360 g/mol. The van der Waals surface area contributed by atoms with Crippen LogP contribution in [0.3, 0.4) is 0 Å². The molecule has 2 N–H and O–H groups in total. The highest BCUT2D eigenvalue weighted by Crippen LogP contribution is 2.59. The second-order valence-corrected chi connectivity index (χ2v) is 8.63. The number of rotatable bonds is 7. The lowest BCUT2D eigenvalue weighted by Gasteiger charge is -2.08. The molecule has 0 bridgehead atoms. The third kappa shape index (κ3) is 5.14. The largest absolute Gasteiger partial charge is 0.352 e. The normalized spacial score (nSPS) is 19.2. The summed E-state index contributed by atoms with van der Waals surface area (Å²) in [5, 5.41) is 5.93. The van der Waals surface area contributed by atoms with Crippen LogP contribution in [-0.4, -0.2) is 18.4 Å². The predicted octanol–water partition coefficient (Wildman–Crippen LogP) is 4.84. The summed E-state index contributed by atoms with van der Waals surface area (Å²) in [4.78, 5) is 25.0. The van der Waals surface area contributed by atoms with Gasteiger partial charge in [-0.2, -0.15) is 0 Å². The monoisotopic (exact) mass is 390 g/mol. The van der Waals surface area contributed by atoms with Crippen molar-refractivity contribution in [3.8, 4) is 0 Å². The Kier molecular flexibility index (Phi) is 6.21. The molecule has 3 rings (SSSR count). The number of allylic oxidation sites excluding steroid dienone is 2. The Balaban J connectivity index is 1.51. The maximum absolute atomic E-state index is 12.7. The fourth-order valence-electron chi connectivity index (χ4n) is 3.84. The molecule has 1 saturated carbocycles. The lowest BCUT2D eigenvalue weighted by atomic mass is 10.1. The molecule has 2 atom stereocenters. The molecule has 29 heavy (non-hydrogen) atoms. The van der Waals surface area contributed by atoms with E-state index in [0.717, 1.165) is 12.1 Å². The molecule has 0 saturated heterocycles. The Bertz CT molecular complexity index is 894. The molecule has 0 aliphatic heterocycles. The molecular formula is C25H30N2O2. The maximum Gasteiger partial charge on any atom is 0.251 e. The van der Waals surface area contributed by atoms with Crippen molar-refractivity contribution >= 4 is 17.5 Å². The van der Waals surface area contributed by atoms with Gasteiger partial charge in [0.15, 0.2) is 0 Å². The first-order valence-electron chi connectivity index (χ1n) is 10.2.